The van der Waals surface area contributed by atoms with Gasteiger partial charge >= 0.3 is 13.2 Å². The highest BCUT2D eigenvalue weighted by Crippen LogP contribution is 2.36. The molecule has 0 aliphatic carbocycles. The highest BCUT2D eigenvalue weighted by Gasteiger charge is 2.51. The van der Waals surface area contributed by atoms with Gasteiger partial charge < -0.3 is 18.8 Å². The van der Waals surface area contributed by atoms with Gasteiger partial charge in [0.1, 0.15) is 17.1 Å². The Balaban J connectivity index is 1.64. The van der Waals surface area contributed by atoms with E-state index in [0.717, 1.165) is 5.46 Å². The number of benzene rings is 2. The largest absolute Gasteiger partial charge is 0.494 e. The van der Waals surface area contributed by atoms with Gasteiger partial charge in [0.05, 0.1) is 11.2 Å². The van der Waals surface area contributed by atoms with Crippen molar-refractivity contribution in [2.24, 2.45) is 0 Å². The van der Waals surface area contributed by atoms with Crippen molar-refractivity contribution >= 4 is 24.4 Å². The lowest BCUT2D eigenvalue weighted by molar-refractivity contribution is 0.00578. The number of carbonyl (C=O) groups excluding carboxylic acids is 1. The first-order chi connectivity index (χ1) is 13.8. The van der Waals surface area contributed by atoms with Crippen LogP contribution in [-0.4, -0.2) is 30.0 Å². The van der Waals surface area contributed by atoms with Crippen molar-refractivity contribution < 1.29 is 23.6 Å². The third kappa shape index (κ3) is 5.35. The SMILES string of the molecule is CC(C)(C)OC(=O)Nc1cccc(Oc2ccc(B3OC(C)(C)C(C)(C)O3)cc2)c1. The quantitative estimate of drug-likeness (QED) is 0.707. The Bertz CT molecular complexity index is 887. The van der Waals surface area contributed by atoms with Crippen LogP contribution in [0.2, 0.25) is 0 Å². The van der Waals surface area contributed by atoms with Gasteiger partial charge in [0, 0.05) is 11.8 Å². The first kappa shape index (κ1) is 22.2. The number of nitrogens with one attached hydrogen (secondary N) is 1. The second kappa shape index (κ2) is 7.97. The van der Waals surface area contributed by atoms with Gasteiger partial charge in [-0.1, -0.05) is 18.2 Å². The molecule has 2 aromatic carbocycles. The first-order valence-corrected chi connectivity index (χ1v) is 10.1. The van der Waals surface area contributed by atoms with Crippen LogP contribution in [-0.2, 0) is 14.0 Å². The summed E-state index contributed by atoms with van der Waals surface area (Å²) in [6.07, 6.45) is -0.508. The molecule has 160 valence electrons. The van der Waals surface area contributed by atoms with Crippen molar-refractivity contribution in [3.05, 3.63) is 48.5 Å². The molecule has 1 heterocycles. The van der Waals surface area contributed by atoms with Crippen LogP contribution in [0, 0.1) is 0 Å². The first-order valence-electron chi connectivity index (χ1n) is 10.1. The average Bonchev–Trinajstić information content (AvgIpc) is 2.82. The summed E-state index contributed by atoms with van der Waals surface area (Å²) in [6, 6.07) is 14.7. The number of carbonyl (C=O) groups is 1. The van der Waals surface area contributed by atoms with E-state index in [1.807, 2.05) is 78.8 Å². The summed E-state index contributed by atoms with van der Waals surface area (Å²) in [4.78, 5) is 12.0. The van der Waals surface area contributed by atoms with Crippen molar-refractivity contribution in [3.8, 4) is 11.5 Å². The van der Waals surface area contributed by atoms with Crippen LogP contribution in [0.3, 0.4) is 0 Å². The van der Waals surface area contributed by atoms with E-state index in [1.54, 1.807) is 18.2 Å². The molecule has 1 amide bonds. The molecular formula is C23H30BNO5. The molecule has 0 aromatic heterocycles. The van der Waals surface area contributed by atoms with Gasteiger partial charge in [0.25, 0.3) is 0 Å². The minimum Gasteiger partial charge on any atom is -0.457 e. The zero-order chi connectivity index (χ0) is 22.2. The van der Waals surface area contributed by atoms with Crippen molar-refractivity contribution in [1.82, 2.24) is 0 Å². The van der Waals surface area contributed by atoms with E-state index in [0.29, 0.717) is 17.2 Å². The fourth-order valence-corrected chi connectivity index (χ4v) is 2.87. The number of ether oxygens (including phenoxy) is 2. The zero-order valence-corrected chi connectivity index (χ0v) is 18.7. The smallest absolute Gasteiger partial charge is 0.457 e. The molecule has 1 saturated heterocycles. The van der Waals surface area contributed by atoms with Gasteiger partial charge in [-0.2, -0.15) is 0 Å². The van der Waals surface area contributed by atoms with Crippen molar-refractivity contribution in [2.45, 2.75) is 65.3 Å². The van der Waals surface area contributed by atoms with Crippen LogP contribution in [0.5, 0.6) is 11.5 Å². The van der Waals surface area contributed by atoms with Crippen LogP contribution in [0.25, 0.3) is 0 Å². The molecule has 1 aliphatic rings. The van der Waals surface area contributed by atoms with E-state index in [4.69, 9.17) is 18.8 Å². The molecule has 0 atom stereocenters. The van der Waals surface area contributed by atoms with Gasteiger partial charge in [-0.3, -0.25) is 5.32 Å². The molecule has 30 heavy (non-hydrogen) atoms. The molecule has 0 unspecified atom stereocenters. The summed E-state index contributed by atoms with van der Waals surface area (Å²) < 4.78 is 23.4. The van der Waals surface area contributed by atoms with Gasteiger partial charge in [-0.15, -0.1) is 0 Å². The van der Waals surface area contributed by atoms with Crippen LogP contribution < -0.4 is 15.5 Å². The van der Waals surface area contributed by atoms with Gasteiger partial charge in [0.2, 0.25) is 0 Å². The minimum atomic E-state index is -0.558. The van der Waals surface area contributed by atoms with Crippen LogP contribution >= 0.6 is 0 Å². The Hall–Kier alpha value is -2.51. The van der Waals surface area contributed by atoms with Gasteiger partial charge in [-0.05, 0) is 78.2 Å². The summed E-state index contributed by atoms with van der Waals surface area (Å²) in [5, 5.41) is 2.71. The zero-order valence-electron chi connectivity index (χ0n) is 18.7. The van der Waals surface area contributed by atoms with Gasteiger partial charge in [-0.25, -0.2) is 4.79 Å². The number of amides is 1. The molecule has 1 fully saturated rings. The Morgan fingerprint density at radius 2 is 1.53 bits per heavy atom. The monoisotopic (exact) mass is 411 g/mol. The summed E-state index contributed by atoms with van der Waals surface area (Å²) >= 11 is 0. The van der Waals surface area contributed by atoms with E-state index in [2.05, 4.69) is 5.32 Å². The minimum absolute atomic E-state index is 0.381. The maximum absolute atomic E-state index is 12.0. The number of hydrogen-bond acceptors (Lipinski definition) is 5. The number of rotatable bonds is 4. The fraction of sp³-hybridized carbons (Fsp3) is 0.435. The van der Waals surface area contributed by atoms with E-state index >= 15 is 0 Å². The third-order valence-corrected chi connectivity index (χ3v) is 5.12. The Morgan fingerprint density at radius 3 is 2.10 bits per heavy atom. The molecular weight excluding hydrogens is 381 g/mol. The maximum atomic E-state index is 12.0. The lowest BCUT2D eigenvalue weighted by Gasteiger charge is -2.32. The van der Waals surface area contributed by atoms with Crippen LogP contribution in [0.1, 0.15) is 48.5 Å². The standard InChI is InChI=1S/C23H30BNO5/c1-21(2,3)28-20(26)25-17-9-8-10-19(15-17)27-18-13-11-16(12-14-18)24-29-22(4,5)23(6,7)30-24/h8-15H,1-7H3,(H,25,26). The summed E-state index contributed by atoms with van der Waals surface area (Å²) in [6.45, 7) is 13.6. The topological polar surface area (TPSA) is 66.0 Å². The molecule has 1 aliphatic heterocycles. The predicted molar refractivity (Wildman–Crippen MR) is 119 cm³/mol. The van der Waals surface area contributed by atoms with E-state index in [9.17, 15) is 4.79 Å². The lowest BCUT2D eigenvalue weighted by atomic mass is 9.79. The van der Waals surface area contributed by atoms with Crippen molar-refractivity contribution in [2.75, 3.05) is 5.32 Å². The molecule has 0 spiro atoms. The second-order valence-electron chi connectivity index (χ2n) is 9.41. The second-order valence-corrected chi connectivity index (χ2v) is 9.41. The third-order valence-electron chi connectivity index (χ3n) is 5.12. The van der Waals surface area contributed by atoms with Gasteiger partial charge in [0.15, 0.2) is 0 Å². The molecule has 6 nitrogen and oxygen atoms in total. The van der Waals surface area contributed by atoms with E-state index in [1.165, 1.54) is 0 Å². The molecule has 0 saturated carbocycles. The van der Waals surface area contributed by atoms with Crippen LogP contribution in [0.15, 0.2) is 48.5 Å². The number of anilines is 1. The highest BCUT2D eigenvalue weighted by molar-refractivity contribution is 6.62. The van der Waals surface area contributed by atoms with E-state index < -0.39 is 18.8 Å². The number of hydrogen-bond donors (Lipinski definition) is 1. The molecule has 3 rings (SSSR count). The summed E-state index contributed by atoms with van der Waals surface area (Å²) in [5.74, 6) is 1.27. The normalized spacial score (nSPS) is 17.5. The molecule has 2 aromatic rings. The van der Waals surface area contributed by atoms with Crippen molar-refractivity contribution in [3.63, 3.8) is 0 Å². The maximum Gasteiger partial charge on any atom is 0.494 e. The van der Waals surface area contributed by atoms with Crippen LogP contribution in [0.4, 0.5) is 10.5 Å². The molecule has 1 N–H and O–H groups in total. The van der Waals surface area contributed by atoms with Crippen molar-refractivity contribution in [1.29, 1.82) is 0 Å². The summed E-state index contributed by atoms with van der Waals surface area (Å²) in [5.41, 5.74) is 0.205. The average molecular weight is 411 g/mol. The highest BCUT2D eigenvalue weighted by atomic mass is 16.7. The fourth-order valence-electron chi connectivity index (χ4n) is 2.87. The lowest BCUT2D eigenvalue weighted by Crippen LogP contribution is -2.41. The Kier molecular flexibility index (Phi) is 5.89. The molecule has 0 radical (unpaired) electrons. The Morgan fingerprint density at radius 1 is 0.933 bits per heavy atom. The predicted octanol–water partition coefficient (Wildman–Crippen LogP) is 5.13. The summed E-state index contributed by atoms with van der Waals surface area (Å²) in [7, 11) is -0.412. The Labute approximate surface area is 179 Å². The molecule has 0 bridgehead atoms. The van der Waals surface area contributed by atoms with E-state index in [-0.39, 0.29) is 11.2 Å². The molecule has 7 heteroatoms.